The summed E-state index contributed by atoms with van der Waals surface area (Å²) in [4.78, 5) is 15.8. The minimum absolute atomic E-state index is 0.332. The number of hydrogen-bond donors (Lipinski definition) is 1. The van der Waals surface area contributed by atoms with E-state index in [2.05, 4.69) is 15.2 Å². The molecule has 94 valence electrons. The normalized spacial score (nSPS) is 10.4. The third-order valence-electron chi connectivity index (χ3n) is 2.39. The highest BCUT2D eigenvalue weighted by Crippen LogP contribution is 2.26. The third-order valence-corrected chi connectivity index (χ3v) is 2.85. The number of esters is 1. The maximum atomic E-state index is 11.6. The van der Waals surface area contributed by atoms with E-state index >= 15 is 0 Å². The van der Waals surface area contributed by atoms with Gasteiger partial charge in [0.2, 0.25) is 0 Å². The zero-order valence-electron chi connectivity index (χ0n) is 10.0. The van der Waals surface area contributed by atoms with Crippen molar-refractivity contribution in [3.63, 3.8) is 0 Å². The van der Waals surface area contributed by atoms with Crippen LogP contribution in [-0.4, -0.2) is 27.8 Å². The minimum atomic E-state index is -0.385. The highest BCUT2D eigenvalue weighted by molar-refractivity contribution is 6.33. The summed E-state index contributed by atoms with van der Waals surface area (Å²) in [5.74, 6) is -0.385. The standard InChI is InChI=1S/C12H12ClN3O2/c1-3-18-12(17)8-4-5-14-9(6-8)11-10(13)7(2)15-16-11/h4-6H,3H2,1-2H3,(H,15,16). The number of halogens is 1. The first-order valence-corrected chi connectivity index (χ1v) is 5.85. The van der Waals surface area contributed by atoms with Crippen molar-refractivity contribution in [3.05, 3.63) is 34.6 Å². The lowest BCUT2D eigenvalue weighted by atomic mass is 10.2. The van der Waals surface area contributed by atoms with Crippen LogP contribution >= 0.6 is 11.6 Å². The van der Waals surface area contributed by atoms with Gasteiger partial charge in [0.1, 0.15) is 5.69 Å². The molecular formula is C12H12ClN3O2. The Morgan fingerprint density at radius 2 is 2.33 bits per heavy atom. The maximum Gasteiger partial charge on any atom is 0.338 e. The number of rotatable bonds is 3. The molecule has 0 atom stereocenters. The molecule has 0 aliphatic rings. The van der Waals surface area contributed by atoms with E-state index in [1.54, 1.807) is 19.1 Å². The maximum absolute atomic E-state index is 11.6. The summed E-state index contributed by atoms with van der Waals surface area (Å²) in [6.07, 6.45) is 1.53. The van der Waals surface area contributed by atoms with Crippen molar-refractivity contribution in [2.75, 3.05) is 6.61 Å². The first-order valence-electron chi connectivity index (χ1n) is 5.47. The van der Waals surface area contributed by atoms with Gasteiger partial charge in [-0.3, -0.25) is 10.1 Å². The molecule has 2 rings (SSSR count). The lowest BCUT2D eigenvalue weighted by molar-refractivity contribution is 0.0526. The summed E-state index contributed by atoms with van der Waals surface area (Å²) in [6.45, 7) is 3.90. The molecule has 0 bridgehead atoms. The van der Waals surface area contributed by atoms with E-state index in [-0.39, 0.29) is 5.97 Å². The van der Waals surface area contributed by atoms with Crippen molar-refractivity contribution in [3.8, 4) is 11.4 Å². The van der Waals surface area contributed by atoms with Crippen molar-refractivity contribution in [1.82, 2.24) is 15.2 Å². The van der Waals surface area contributed by atoms with E-state index in [0.717, 1.165) is 5.69 Å². The summed E-state index contributed by atoms with van der Waals surface area (Å²) in [6, 6.07) is 3.20. The molecule has 2 heterocycles. The van der Waals surface area contributed by atoms with Gasteiger partial charge in [0.05, 0.1) is 28.6 Å². The van der Waals surface area contributed by atoms with Gasteiger partial charge in [-0.1, -0.05) is 11.6 Å². The summed E-state index contributed by atoms with van der Waals surface area (Å²) in [5.41, 5.74) is 2.25. The van der Waals surface area contributed by atoms with Crippen molar-refractivity contribution in [2.24, 2.45) is 0 Å². The van der Waals surface area contributed by atoms with Crippen molar-refractivity contribution >= 4 is 17.6 Å². The Balaban J connectivity index is 2.38. The molecule has 6 heteroatoms. The second-order valence-corrected chi connectivity index (χ2v) is 4.04. The lowest BCUT2D eigenvalue weighted by Gasteiger charge is -2.03. The fourth-order valence-electron chi connectivity index (χ4n) is 1.49. The summed E-state index contributed by atoms with van der Waals surface area (Å²) in [5, 5.41) is 7.33. The smallest absolute Gasteiger partial charge is 0.338 e. The summed E-state index contributed by atoms with van der Waals surface area (Å²) >= 11 is 6.09. The van der Waals surface area contributed by atoms with E-state index in [0.29, 0.717) is 28.6 Å². The number of pyridine rings is 1. The fraction of sp³-hybridized carbons (Fsp3) is 0.250. The molecule has 0 spiro atoms. The van der Waals surface area contributed by atoms with Crippen molar-refractivity contribution in [1.29, 1.82) is 0 Å². The first kappa shape index (κ1) is 12.6. The van der Waals surface area contributed by atoms with Crippen molar-refractivity contribution < 1.29 is 9.53 Å². The molecule has 0 radical (unpaired) electrons. The van der Waals surface area contributed by atoms with E-state index in [1.807, 2.05) is 6.92 Å². The molecule has 0 aromatic carbocycles. The Kier molecular flexibility index (Phi) is 3.62. The molecule has 2 aromatic rings. The van der Waals surface area contributed by atoms with Crippen LogP contribution in [0.25, 0.3) is 11.4 Å². The molecule has 0 aliphatic heterocycles. The van der Waals surface area contributed by atoms with Gasteiger partial charge in [0, 0.05) is 6.20 Å². The van der Waals surface area contributed by atoms with E-state index < -0.39 is 0 Å². The van der Waals surface area contributed by atoms with Crippen LogP contribution in [0.3, 0.4) is 0 Å². The number of aromatic amines is 1. The van der Waals surface area contributed by atoms with Gasteiger partial charge in [-0.15, -0.1) is 0 Å². The van der Waals surface area contributed by atoms with Gasteiger partial charge in [0.15, 0.2) is 0 Å². The van der Waals surface area contributed by atoms with E-state index in [9.17, 15) is 4.79 Å². The van der Waals surface area contributed by atoms with Gasteiger partial charge >= 0.3 is 5.97 Å². The van der Waals surface area contributed by atoms with Gasteiger partial charge in [-0.05, 0) is 26.0 Å². The first-order chi connectivity index (χ1) is 8.63. The fourth-order valence-corrected chi connectivity index (χ4v) is 1.67. The lowest BCUT2D eigenvalue weighted by Crippen LogP contribution is -2.05. The number of hydrogen-bond acceptors (Lipinski definition) is 4. The van der Waals surface area contributed by atoms with Crippen LogP contribution in [0.15, 0.2) is 18.3 Å². The van der Waals surface area contributed by atoms with Gasteiger partial charge in [-0.2, -0.15) is 5.10 Å². The zero-order chi connectivity index (χ0) is 13.1. The Labute approximate surface area is 109 Å². The summed E-state index contributed by atoms with van der Waals surface area (Å²) < 4.78 is 4.93. The monoisotopic (exact) mass is 265 g/mol. The Morgan fingerprint density at radius 3 is 2.94 bits per heavy atom. The molecule has 0 unspecified atom stereocenters. The van der Waals surface area contributed by atoms with Crippen LogP contribution in [-0.2, 0) is 4.74 Å². The number of ether oxygens (including phenoxy) is 1. The second-order valence-electron chi connectivity index (χ2n) is 3.66. The number of carbonyl (C=O) groups excluding carboxylic acids is 1. The number of carbonyl (C=O) groups is 1. The van der Waals surface area contributed by atoms with Crippen LogP contribution < -0.4 is 0 Å². The quantitative estimate of drug-likeness (QED) is 0.866. The highest BCUT2D eigenvalue weighted by atomic mass is 35.5. The Hall–Kier alpha value is -1.88. The minimum Gasteiger partial charge on any atom is -0.462 e. The molecule has 0 fully saturated rings. The Bertz CT molecular complexity index is 580. The second kappa shape index (κ2) is 5.18. The highest BCUT2D eigenvalue weighted by Gasteiger charge is 2.14. The Morgan fingerprint density at radius 1 is 1.56 bits per heavy atom. The number of aryl methyl sites for hydroxylation is 1. The van der Waals surface area contributed by atoms with Gasteiger partial charge < -0.3 is 4.74 Å². The molecule has 18 heavy (non-hydrogen) atoms. The predicted molar refractivity (Wildman–Crippen MR) is 67.5 cm³/mol. The molecule has 0 aliphatic carbocycles. The molecular weight excluding hydrogens is 254 g/mol. The predicted octanol–water partition coefficient (Wildman–Crippen LogP) is 2.61. The van der Waals surface area contributed by atoms with Crippen LogP contribution in [0.4, 0.5) is 0 Å². The largest absolute Gasteiger partial charge is 0.462 e. The molecule has 1 N–H and O–H groups in total. The molecule has 0 amide bonds. The van der Waals surface area contributed by atoms with E-state index in [4.69, 9.17) is 16.3 Å². The van der Waals surface area contributed by atoms with Gasteiger partial charge in [0.25, 0.3) is 0 Å². The summed E-state index contributed by atoms with van der Waals surface area (Å²) in [7, 11) is 0. The number of nitrogens with zero attached hydrogens (tertiary/aromatic N) is 2. The molecule has 0 saturated heterocycles. The van der Waals surface area contributed by atoms with Crippen LogP contribution in [0.5, 0.6) is 0 Å². The number of aromatic nitrogens is 3. The van der Waals surface area contributed by atoms with Crippen LogP contribution in [0.2, 0.25) is 5.02 Å². The topological polar surface area (TPSA) is 67.9 Å². The number of H-pyrrole nitrogens is 1. The average Bonchev–Trinajstić information content (AvgIpc) is 2.71. The van der Waals surface area contributed by atoms with Crippen molar-refractivity contribution in [2.45, 2.75) is 13.8 Å². The SMILES string of the molecule is CCOC(=O)c1ccnc(-c2n[nH]c(C)c2Cl)c1. The van der Waals surface area contributed by atoms with Crippen LogP contribution in [0, 0.1) is 6.92 Å². The molecule has 5 nitrogen and oxygen atoms in total. The number of nitrogens with one attached hydrogen (secondary N) is 1. The van der Waals surface area contributed by atoms with Crippen LogP contribution in [0.1, 0.15) is 23.0 Å². The average molecular weight is 266 g/mol. The van der Waals surface area contributed by atoms with E-state index in [1.165, 1.54) is 6.20 Å². The molecule has 2 aromatic heterocycles. The third kappa shape index (κ3) is 2.36. The van der Waals surface area contributed by atoms with Gasteiger partial charge in [-0.25, -0.2) is 4.79 Å². The zero-order valence-corrected chi connectivity index (χ0v) is 10.8. The molecule has 0 saturated carbocycles.